The molecular weight excluding hydrogens is 519 g/mol. The molecular formula is C19H31IN6O3S. The van der Waals surface area contributed by atoms with Gasteiger partial charge in [-0.3, -0.25) is 9.67 Å². The van der Waals surface area contributed by atoms with Crippen LogP contribution in [0.3, 0.4) is 0 Å². The molecule has 0 saturated heterocycles. The van der Waals surface area contributed by atoms with Crippen molar-refractivity contribution in [2.75, 3.05) is 27.3 Å². The van der Waals surface area contributed by atoms with E-state index in [1.54, 1.807) is 25.2 Å². The lowest BCUT2D eigenvalue weighted by Crippen LogP contribution is -2.36. The van der Waals surface area contributed by atoms with E-state index in [-0.39, 0.29) is 35.4 Å². The first kappa shape index (κ1) is 26.3. The fraction of sp³-hybridized carbons (Fsp3) is 0.474. The van der Waals surface area contributed by atoms with Gasteiger partial charge in [-0.25, -0.2) is 13.1 Å². The third kappa shape index (κ3) is 7.22. The lowest BCUT2D eigenvalue weighted by molar-refractivity contribution is 0.204. The molecule has 0 aliphatic heterocycles. The molecule has 3 N–H and O–H groups in total. The molecule has 0 spiro atoms. The number of aliphatic imine (C=N–C) groups is 1. The van der Waals surface area contributed by atoms with Crippen LogP contribution in [0.15, 0.2) is 34.2 Å². The highest BCUT2D eigenvalue weighted by Crippen LogP contribution is 2.12. The van der Waals surface area contributed by atoms with Crippen molar-refractivity contribution in [3.05, 3.63) is 46.8 Å². The third-order valence-corrected chi connectivity index (χ3v) is 6.04. The molecule has 0 bridgehead atoms. The summed E-state index contributed by atoms with van der Waals surface area (Å²) in [5.41, 5.74) is 4.04. The molecule has 0 aliphatic carbocycles. The Morgan fingerprint density at radius 1 is 1.23 bits per heavy atom. The maximum atomic E-state index is 12.3. The van der Waals surface area contributed by atoms with Crippen molar-refractivity contribution in [1.29, 1.82) is 0 Å². The quantitative estimate of drug-likeness (QED) is 0.189. The summed E-state index contributed by atoms with van der Waals surface area (Å²) in [4.78, 5) is 4.45. The van der Waals surface area contributed by atoms with Gasteiger partial charge < -0.3 is 15.4 Å². The fourth-order valence-corrected chi connectivity index (χ4v) is 3.92. The van der Waals surface area contributed by atoms with E-state index in [2.05, 4.69) is 25.4 Å². The first-order valence-electron chi connectivity index (χ1n) is 9.29. The highest BCUT2D eigenvalue weighted by Gasteiger charge is 2.14. The molecule has 2 rings (SSSR count). The summed E-state index contributed by atoms with van der Waals surface area (Å²) in [5, 5.41) is 10.9. The standard InChI is InChI=1S/C19H30N6O3S.HI/c1-14-18(15(2)25(4)24-14)13-22-19(20-3)21-12-16-7-6-8-17(11-16)29(26,27)23-9-10-28-5;/h6-8,11,23H,9-10,12-13H2,1-5H3,(H2,20,21,22);1H. The van der Waals surface area contributed by atoms with Gasteiger partial charge in [0.05, 0.1) is 17.2 Å². The Balaban J connectivity index is 0.00000450. The molecule has 1 aromatic carbocycles. The molecule has 0 saturated carbocycles. The van der Waals surface area contributed by atoms with Gasteiger partial charge in [0.2, 0.25) is 10.0 Å². The van der Waals surface area contributed by atoms with E-state index in [4.69, 9.17) is 4.74 Å². The Hall–Kier alpha value is -1.70. The summed E-state index contributed by atoms with van der Waals surface area (Å²) in [6.45, 7) is 5.59. The van der Waals surface area contributed by atoms with E-state index in [0.717, 1.165) is 22.5 Å². The molecule has 1 heterocycles. The number of nitrogens with one attached hydrogen (secondary N) is 3. The number of benzene rings is 1. The van der Waals surface area contributed by atoms with Gasteiger partial charge in [-0.15, -0.1) is 24.0 Å². The predicted octanol–water partition coefficient (Wildman–Crippen LogP) is 1.44. The molecule has 2 aromatic rings. The van der Waals surface area contributed by atoms with E-state index < -0.39 is 10.0 Å². The highest BCUT2D eigenvalue weighted by atomic mass is 127. The van der Waals surface area contributed by atoms with Crippen LogP contribution in [-0.4, -0.2) is 51.5 Å². The van der Waals surface area contributed by atoms with Crippen LogP contribution < -0.4 is 15.4 Å². The minimum atomic E-state index is -3.57. The molecule has 30 heavy (non-hydrogen) atoms. The second-order valence-electron chi connectivity index (χ2n) is 6.59. The number of hydrogen-bond acceptors (Lipinski definition) is 5. The second-order valence-corrected chi connectivity index (χ2v) is 8.36. The van der Waals surface area contributed by atoms with Crippen molar-refractivity contribution in [2.45, 2.75) is 31.8 Å². The molecule has 1 aromatic heterocycles. The monoisotopic (exact) mass is 550 g/mol. The van der Waals surface area contributed by atoms with E-state index in [0.29, 0.717) is 25.7 Å². The van der Waals surface area contributed by atoms with E-state index in [1.807, 2.05) is 31.6 Å². The largest absolute Gasteiger partial charge is 0.383 e. The van der Waals surface area contributed by atoms with E-state index >= 15 is 0 Å². The molecule has 0 amide bonds. The Labute approximate surface area is 195 Å². The molecule has 11 heteroatoms. The molecule has 0 fully saturated rings. The third-order valence-electron chi connectivity index (χ3n) is 4.58. The molecule has 0 unspecified atom stereocenters. The summed E-state index contributed by atoms with van der Waals surface area (Å²) in [5.74, 6) is 0.624. The predicted molar refractivity (Wildman–Crippen MR) is 129 cm³/mol. The molecule has 0 radical (unpaired) electrons. The fourth-order valence-electron chi connectivity index (χ4n) is 2.84. The van der Waals surface area contributed by atoms with Crippen molar-refractivity contribution >= 4 is 40.0 Å². The zero-order chi connectivity index (χ0) is 21.4. The van der Waals surface area contributed by atoms with Gasteiger partial charge in [0, 0.05) is 52.1 Å². The normalized spacial score (nSPS) is 11.8. The van der Waals surface area contributed by atoms with Crippen LogP contribution in [0.1, 0.15) is 22.5 Å². The lowest BCUT2D eigenvalue weighted by Gasteiger charge is -2.13. The first-order valence-corrected chi connectivity index (χ1v) is 10.8. The number of nitrogens with zero attached hydrogens (tertiary/aromatic N) is 3. The van der Waals surface area contributed by atoms with E-state index in [1.165, 1.54) is 7.11 Å². The number of aromatic nitrogens is 2. The zero-order valence-electron chi connectivity index (χ0n) is 18.0. The van der Waals surface area contributed by atoms with Gasteiger partial charge in [0.1, 0.15) is 0 Å². The smallest absolute Gasteiger partial charge is 0.240 e. The summed E-state index contributed by atoms with van der Waals surface area (Å²) >= 11 is 0. The van der Waals surface area contributed by atoms with Gasteiger partial charge in [0.25, 0.3) is 0 Å². The van der Waals surface area contributed by atoms with Gasteiger partial charge in [-0.2, -0.15) is 5.10 Å². The van der Waals surface area contributed by atoms with Crippen LogP contribution in [0, 0.1) is 13.8 Å². The van der Waals surface area contributed by atoms with Crippen molar-refractivity contribution in [3.8, 4) is 0 Å². The summed E-state index contributed by atoms with van der Waals surface area (Å²) in [6.07, 6.45) is 0. The first-order chi connectivity index (χ1) is 13.8. The minimum Gasteiger partial charge on any atom is -0.383 e. The van der Waals surface area contributed by atoms with Crippen LogP contribution in [0.5, 0.6) is 0 Å². The van der Waals surface area contributed by atoms with Gasteiger partial charge in [0.15, 0.2) is 5.96 Å². The topological polar surface area (TPSA) is 110 Å². The average Bonchev–Trinajstić information content (AvgIpc) is 2.94. The Kier molecular flexibility index (Phi) is 10.7. The number of rotatable bonds is 9. The number of methoxy groups -OCH3 is 1. The highest BCUT2D eigenvalue weighted by molar-refractivity contribution is 14.0. The molecule has 168 valence electrons. The number of sulfonamides is 1. The number of guanidine groups is 1. The number of halogens is 1. The van der Waals surface area contributed by atoms with Crippen LogP contribution in [-0.2, 0) is 34.9 Å². The van der Waals surface area contributed by atoms with Crippen molar-refractivity contribution in [3.63, 3.8) is 0 Å². The van der Waals surface area contributed by atoms with Gasteiger partial charge in [-0.1, -0.05) is 12.1 Å². The Morgan fingerprint density at radius 3 is 2.53 bits per heavy atom. The van der Waals surface area contributed by atoms with Gasteiger partial charge >= 0.3 is 0 Å². The van der Waals surface area contributed by atoms with Gasteiger partial charge in [-0.05, 0) is 31.5 Å². The van der Waals surface area contributed by atoms with Crippen LogP contribution >= 0.6 is 24.0 Å². The van der Waals surface area contributed by atoms with E-state index in [9.17, 15) is 8.42 Å². The zero-order valence-corrected chi connectivity index (χ0v) is 21.2. The summed E-state index contributed by atoms with van der Waals surface area (Å²) in [6, 6.07) is 6.80. The number of aryl methyl sites for hydroxylation is 2. The van der Waals surface area contributed by atoms with Crippen LogP contribution in [0.4, 0.5) is 0 Å². The average molecular weight is 550 g/mol. The lowest BCUT2D eigenvalue weighted by atomic mass is 10.2. The molecule has 9 nitrogen and oxygen atoms in total. The molecule has 0 atom stereocenters. The number of ether oxygens (including phenoxy) is 1. The van der Waals surface area contributed by atoms with Crippen molar-refractivity contribution in [1.82, 2.24) is 25.1 Å². The van der Waals surface area contributed by atoms with Crippen molar-refractivity contribution < 1.29 is 13.2 Å². The SMILES string of the molecule is CN=C(NCc1cccc(S(=O)(=O)NCCOC)c1)NCc1c(C)nn(C)c1C.I. The van der Waals surface area contributed by atoms with Crippen LogP contribution in [0.2, 0.25) is 0 Å². The maximum absolute atomic E-state index is 12.3. The second kappa shape index (κ2) is 12.2. The molecule has 0 aliphatic rings. The van der Waals surface area contributed by atoms with Crippen molar-refractivity contribution in [2.24, 2.45) is 12.0 Å². The Morgan fingerprint density at radius 2 is 1.93 bits per heavy atom. The number of hydrogen-bond donors (Lipinski definition) is 3. The summed E-state index contributed by atoms with van der Waals surface area (Å²) in [7, 11) is 1.57. The Bertz CT molecular complexity index is 959. The summed E-state index contributed by atoms with van der Waals surface area (Å²) < 4.78 is 33.9. The maximum Gasteiger partial charge on any atom is 0.240 e. The van der Waals surface area contributed by atoms with Crippen LogP contribution in [0.25, 0.3) is 0 Å². The minimum absolute atomic E-state index is 0.